The summed E-state index contributed by atoms with van der Waals surface area (Å²) in [5.41, 5.74) is 1.44. The lowest BCUT2D eigenvalue weighted by molar-refractivity contribution is 0.466. The summed E-state index contributed by atoms with van der Waals surface area (Å²) in [5, 5.41) is 17.1. The molecule has 4 rings (SSSR count). The van der Waals surface area contributed by atoms with Crippen LogP contribution in [0.3, 0.4) is 0 Å². The van der Waals surface area contributed by atoms with Gasteiger partial charge in [0.15, 0.2) is 11.6 Å². The molecule has 2 aromatic heterocycles. The second-order valence-electron chi connectivity index (χ2n) is 6.82. The molecule has 8 heteroatoms. The molecule has 2 N–H and O–H groups in total. The minimum absolute atomic E-state index is 0.0869. The van der Waals surface area contributed by atoms with Crippen molar-refractivity contribution in [3.63, 3.8) is 0 Å². The molecule has 0 saturated heterocycles. The Morgan fingerprint density at radius 3 is 2.70 bits per heavy atom. The van der Waals surface area contributed by atoms with Crippen LogP contribution in [0.4, 0.5) is 4.39 Å². The topological polar surface area (TPSA) is 83.8 Å². The lowest BCUT2D eigenvalue weighted by Crippen LogP contribution is -2.10. The molecule has 2 heterocycles. The molecule has 4 aromatic rings. The minimum Gasteiger partial charge on any atom is -0.503 e. The number of aromatic hydroxyl groups is 1. The van der Waals surface area contributed by atoms with Gasteiger partial charge in [0.25, 0.3) is 0 Å². The van der Waals surface area contributed by atoms with Gasteiger partial charge in [-0.15, -0.1) is 0 Å². The summed E-state index contributed by atoms with van der Waals surface area (Å²) < 4.78 is 15.3. The first kappa shape index (κ1) is 19.8. The average molecular weight is 425 g/mol. The van der Waals surface area contributed by atoms with Crippen LogP contribution in [0.15, 0.2) is 71.9 Å². The Labute approximate surface area is 176 Å². The molecule has 0 amide bonds. The maximum Gasteiger partial charge on any atom is 0.242 e. The van der Waals surface area contributed by atoms with Crippen molar-refractivity contribution in [2.45, 2.75) is 18.9 Å². The average Bonchev–Trinajstić information content (AvgIpc) is 3.21. The number of aryl methyl sites for hydroxylation is 1. The van der Waals surface area contributed by atoms with Gasteiger partial charge in [-0.3, -0.25) is 9.89 Å². The van der Waals surface area contributed by atoms with E-state index >= 15 is 0 Å². The van der Waals surface area contributed by atoms with E-state index in [2.05, 4.69) is 15.2 Å². The number of aromatic amines is 1. The number of hydrogen-bond donors (Lipinski definition) is 2. The van der Waals surface area contributed by atoms with E-state index in [1.807, 2.05) is 28.8 Å². The van der Waals surface area contributed by atoms with Gasteiger partial charge >= 0.3 is 0 Å². The molecule has 0 radical (unpaired) electrons. The van der Waals surface area contributed by atoms with E-state index in [-0.39, 0.29) is 17.4 Å². The highest BCUT2D eigenvalue weighted by molar-refractivity contribution is 6.31. The second kappa shape index (κ2) is 8.51. The number of imidazole rings is 1. The maximum atomic E-state index is 13.5. The largest absolute Gasteiger partial charge is 0.503 e. The summed E-state index contributed by atoms with van der Waals surface area (Å²) in [7, 11) is 0. The number of nitrogens with one attached hydrogen (secondary N) is 1. The van der Waals surface area contributed by atoms with Crippen LogP contribution >= 0.6 is 11.6 Å². The molecule has 0 aliphatic heterocycles. The van der Waals surface area contributed by atoms with Crippen LogP contribution < -0.4 is 5.43 Å². The third-order valence-electron chi connectivity index (χ3n) is 4.98. The fourth-order valence-electron chi connectivity index (χ4n) is 3.49. The van der Waals surface area contributed by atoms with Gasteiger partial charge in [-0.05, 0) is 35.7 Å². The summed E-state index contributed by atoms with van der Waals surface area (Å²) in [4.78, 5) is 16.0. The van der Waals surface area contributed by atoms with E-state index in [0.717, 1.165) is 17.3 Å². The molecule has 0 spiro atoms. The fraction of sp³-hybridized carbons (Fsp3) is 0.136. The summed E-state index contributed by atoms with van der Waals surface area (Å²) in [5.74, 6) is -0.422. The number of rotatable bonds is 6. The zero-order valence-corrected chi connectivity index (χ0v) is 16.6. The van der Waals surface area contributed by atoms with E-state index < -0.39 is 11.2 Å². The maximum absolute atomic E-state index is 13.5. The highest BCUT2D eigenvalue weighted by Crippen LogP contribution is 2.34. The molecule has 0 bridgehead atoms. The Morgan fingerprint density at radius 1 is 1.17 bits per heavy atom. The van der Waals surface area contributed by atoms with Crippen LogP contribution in [0.5, 0.6) is 5.75 Å². The highest BCUT2D eigenvalue weighted by atomic mass is 35.5. The van der Waals surface area contributed by atoms with Gasteiger partial charge in [0.1, 0.15) is 11.5 Å². The minimum atomic E-state index is -0.585. The van der Waals surface area contributed by atoms with Crippen LogP contribution in [0.1, 0.15) is 23.5 Å². The fourth-order valence-corrected chi connectivity index (χ4v) is 3.76. The van der Waals surface area contributed by atoms with Crippen LogP contribution in [0, 0.1) is 5.82 Å². The molecule has 1 unspecified atom stereocenters. The van der Waals surface area contributed by atoms with Crippen molar-refractivity contribution in [1.29, 1.82) is 0 Å². The molecule has 152 valence electrons. The van der Waals surface area contributed by atoms with Gasteiger partial charge in [0.2, 0.25) is 5.43 Å². The van der Waals surface area contributed by atoms with Crippen molar-refractivity contribution >= 4 is 11.6 Å². The van der Waals surface area contributed by atoms with Gasteiger partial charge in [0, 0.05) is 29.9 Å². The van der Waals surface area contributed by atoms with Crippen LogP contribution in [0.25, 0.3) is 11.5 Å². The van der Waals surface area contributed by atoms with Crippen LogP contribution in [0.2, 0.25) is 5.02 Å². The van der Waals surface area contributed by atoms with E-state index in [1.54, 1.807) is 24.5 Å². The lowest BCUT2D eigenvalue weighted by Gasteiger charge is -2.20. The number of nitrogens with zero attached hydrogens (tertiary/aromatic N) is 3. The van der Waals surface area contributed by atoms with Crippen molar-refractivity contribution in [3.05, 3.63) is 99.3 Å². The number of hydrogen-bond acceptors (Lipinski definition) is 4. The van der Waals surface area contributed by atoms with Crippen LogP contribution in [-0.4, -0.2) is 24.9 Å². The first-order valence-electron chi connectivity index (χ1n) is 9.32. The van der Waals surface area contributed by atoms with Gasteiger partial charge in [-0.1, -0.05) is 41.9 Å². The third kappa shape index (κ3) is 3.97. The van der Waals surface area contributed by atoms with E-state index in [1.165, 1.54) is 12.1 Å². The van der Waals surface area contributed by atoms with Crippen LogP contribution in [-0.2, 0) is 6.54 Å². The molecule has 6 nitrogen and oxygen atoms in total. The Balaban J connectivity index is 1.67. The monoisotopic (exact) mass is 424 g/mol. The van der Waals surface area contributed by atoms with E-state index in [0.29, 0.717) is 23.8 Å². The Hall–Kier alpha value is -3.45. The Kier molecular flexibility index (Phi) is 5.63. The summed E-state index contributed by atoms with van der Waals surface area (Å²) in [6.07, 6.45) is 4.98. The molecule has 30 heavy (non-hydrogen) atoms. The van der Waals surface area contributed by atoms with E-state index in [4.69, 9.17) is 11.6 Å². The molecule has 1 atom stereocenters. The van der Waals surface area contributed by atoms with Gasteiger partial charge in [-0.25, -0.2) is 9.37 Å². The molecule has 0 aliphatic carbocycles. The van der Waals surface area contributed by atoms with Crippen molar-refractivity contribution in [1.82, 2.24) is 19.7 Å². The summed E-state index contributed by atoms with van der Waals surface area (Å²) >= 11 is 6.45. The van der Waals surface area contributed by atoms with Gasteiger partial charge in [0.05, 0.1) is 6.20 Å². The van der Waals surface area contributed by atoms with E-state index in [9.17, 15) is 14.3 Å². The first-order valence-corrected chi connectivity index (χ1v) is 9.70. The lowest BCUT2D eigenvalue weighted by atomic mass is 9.88. The molecular weight excluding hydrogens is 407 g/mol. The molecule has 0 aliphatic rings. The number of benzene rings is 2. The Morgan fingerprint density at radius 2 is 1.93 bits per heavy atom. The smallest absolute Gasteiger partial charge is 0.242 e. The summed E-state index contributed by atoms with van der Waals surface area (Å²) in [6, 6.07) is 13.9. The SMILES string of the molecule is O=c1cn[nH]c(-c2nccn2CCC(c2ccc(F)cc2)c2ccccc2Cl)c1O. The second-order valence-corrected chi connectivity index (χ2v) is 7.22. The first-order chi connectivity index (χ1) is 14.5. The summed E-state index contributed by atoms with van der Waals surface area (Å²) in [6.45, 7) is 0.513. The van der Waals surface area contributed by atoms with Gasteiger partial charge < -0.3 is 9.67 Å². The van der Waals surface area contributed by atoms with Gasteiger partial charge in [-0.2, -0.15) is 5.10 Å². The normalized spacial score (nSPS) is 12.1. The third-order valence-corrected chi connectivity index (χ3v) is 5.32. The highest BCUT2D eigenvalue weighted by Gasteiger charge is 2.19. The van der Waals surface area contributed by atoms with Crippen molar-refractivity contribution in [2.24, 2.45) is 0 Å². The molecule has 0 fully saturated rings. The van der Waals surface area contributed by atoms with Crippen molar-refractivity contribution in [2.75, 3.05) is 0 Å². The van der Waals surface area contributed by atoms with Crippen molar-refractivity contribution in [3.8, 4) is 17.3 Å². The molecule has 2 aromatic carbocycles. The molecular formula is C22H18ClFN4O2. The standard InChI is InChI=1S/C22H18ClFN4O2/c23-18-4-2-1-3-17(18)16(14-5-7-15(24)8-6-14)9-11-28-12-10-25-22(28)20-21(30)19(29)13-26-27-20/h1-8,10,12-13,16H,9,11H2,(H,26,30)(H,27,29). The zero-order valence-electron chi connectivity index (χ0n) is 15.8. The number of halogens is 2. The number of aromatic nitrogens is 4. The zero-order chi connectivity index (χ0) is 21.1. The predicted octanol–water partition coefficient (Wildman–Crippen LogP) is 4.35. The number of H-pyrrole nitrogens is 1. The quantitative estimate of drug-likeness (QED) is 0.482. The predicted molar refractivity (Wildman–Crippen MR) is 112 cm³/mol. The molecule has 0 saturated carbocycles. The Bertz CT molecular complexity index is 1220. The van der Waals surface area contributed by atoms with Crippen molar-refractivity contribution < 1.29 is 9.50 Å².